The number of phenols is 2. The van der Waals surface area contributed by atoms with Gasteiger partial charge in [-0.1, -0.05) is 6.07 Å². The standard InChI is InChI=1S/C8H7NO2.C8H8O3/c1-9-6-3-4-8(11-2)7(10)5-6;1-11-8-3-2-6(5-9)4-7(8)10/h3-5,10H,2H3;2-5,10H,1H3. The van der Waals surface area contributed by atoms with Crippen molar-refractivity contribution < 1.29 is 24.5 Å². The number of carbonyl (C=O) groups excluding carboxylic acids is 1. The molecule has 2 rings (SSSR count). The minimum Gasteiger partial charge on any atom is -0.505 e. The van der Waals surface area contributed by atoms with E-state index in [1.54, 1.807) is 24.3 Å². The van der Waals surface area contributed by atoms with E-state index in [2.05, 4.69) is 4.85 Å². The molecule has 0 unspecified atom stereocenters. The average molecular weight is 301 g/mol. The van der Waals surface area contributed by atoms with Crippen LogP contribution in [0.15, 0.2) is 36.4 Å². The molecule has 6 nitrogen and oxygen atoms in total. The fourth-order valence-corrected chi connectivity index (χ4v) is 1.53. The topological polar surface area (TPSA) is 80.4 Å². The predicted molar refractivity (Wildman–Crippen MR) is 81.0 cm³/mol. The van der Waals surface area contributed by atoms with E-state index >= 15 is 0 Å². The predicted octanol–water partition coefficient (Wildman–Crippen LogP) is 3.16. The fraction of sp³-hybridized carbons (Fsp3) is 0.125. The highest BCUT2D eigenvalue weighted by atomic mass is 16.5. The third-order valence-electron chi connectivity index (χ3n) is 2.63. The van der Waals surface area contributed by atoms with Crippen molar-refractivity contribution in [1.82, 2.24) is 0 Å². The molecule has 0 radical (unpaired) electrons. The van der Waals surface area contributed by atoms with Gasteiger partial charge in [-0.15, -0.1) is 0 Å². The molecule has 114 valence electrons. The second-order valence-corrected chi connectivity index (χ2v) is 4.02. The largest absolute Gasteiger partial charge is 0.505 e. The zero-order valence-corrected chi connectivity index (χ0v) is 12.1. The molecule has 22 heavy (non-hydrogen) atoms. The van der Waals surface area contributed by atoms with Gasteiger partial charge in [-0.3, -0.25) is 4.79 Å². The number of ether oxygens (including phenoxy) is 2. The number of hydrogen-bond donors (Lipinski definition) is 2. The van der Waals surface area contributed by atoms with Crippen molar-refractivity contribution in [2.24, 2.45) is 0 Å². The van der Waals surface area contributed by atoms with Crippen molar-refractivity contribution in [3.05, 3.63) is 53.4 Å². The van der Waals surface area contributed by atoms with Gasteiger partial charge in [-0.2, -0.15) is 0 Å². The van der Waals surface area contributed by atoms with Crippen molar-refractivity contribution in [2.75, 3.05) is 14.2 Å². The van der Waals surface area contributed by atoms with Gasteiger partial charge < -0.3 is 19.7 Å². The van der Waals surface area contributed by atoms with Gasteiger partial charge in [0, 0.05) is 5.56 Å². The molecule has 0 aromatic heterocycles. The Morgan fingerprint density at radius 3 is 1.95 bits per heavy atom. The van der Waals surface area contributed by atoms with E-state index in [1.807, 2.05) is 0 Å². The summed E-state index contributed by atoms with van der Waals surface area (Å²) in [5.74, 6) is 0.742. The van der Waals surface area contributed by atoms with Gasteiger partial charge in [0.25, 0.3) is 0 Å². The lowest BCUT2D eigenvalue weighted by atomic mass is 10.2. The summed E-state index contributed by atoms with van der Waals surface area (Å²) in [5.41, 5.74) is 0.839. The van der Waals surface area contributed by atoms with Crippen LogP contribution in [0, 0.1) is 6.57 Å². The number of aldehydes is 1. The molecule has 2 aromatic carbocycles. The lowest BCUT2D eigenvalue weighted by molar-refractivity contribution is 0.112. The van der Waals surface area contributed by atoms with Gasteiger partial charge in [0.15, 0.2) is 22.9 Å². The molecular formula is C16H15NO5. The number of aromatic hydroxyl groups is 2. The monoisotopic (exact) mass is 301 g/mol. The number of benzene rings is 2. The summed E-state index contributed by atoms with van der Waals surface area (Å²) >= 11 is 0. The summed E-state index contributed by atoms with van der Waals surface area (Å²) in [5, 5.41) is 18.3. The Hall–Kier alpha value is -3.20. The number of phenolic OH excluding ortho intramolecular Hbond substituents is 2. The van der Waals surface area contributed by atoms with Gasteiger partial charge in [-0.05, 0) is 30.3 Å². The maximum atomic E-state index is 10.2. The van der Waals surface area contributed by atoms with E-state index in [0.29, 0.717) is 29.0 Å². The van der Waals surface area contributed by atoms with Crippen LogP contribution in [0.1, 0.15) is 10.4 Å². The molecule has 2 N–H and O–H groups in total. The van der Waals surface area contributed by atoms with Crippen molar-refractivity contribution in [3.8, 4) is 23.0 Å². The molecule has 2 aromatic rings. The lowest BCUT2D eigenvalue weighted by Gasteiger charge is -2.01. The summed E-state index contributed by atoms with van der Waals surface area (Å²) in [6, 6.07) is 8.98. The molecule has 0 fully saturated rings. The molecule has 0 heterocycles. The number of carbonyl (C=O) groups is 1. The molecule has 0 aliphatic rings. The van der Waals surface area contributed by atoms with Crippen LogP contribution in [0.4, 0.5) is 5.69 Å². The highest BCUT2D eigenvalue weighted by molar-refractivity contribution is 5.76. The Balaban J connectivity index is 0.000000220. The zero-order valence-electron chi connectivity index (χ0n) is 12.1. The molecule has 0 saturated heterocycles. The van der Waals surface area contributed by atoms with Crippen LogP contribution >= 0.6 is 0 Å². The number of hydrogen-bond acceptors (Lipinski definition) is 5. The molecule has 0 spiro atoms. The molecule has 0 saturated carbocycles. The summed E-state index contributed by atoms with van der Waals surface area (Å²) in [4.78, 5) is 13.3. The number of nitrogens with zero attached hydrogens (tertiary/aromatic N) is 1. The Labute approximate surface area is 128 Å². The van der Waals surface area contributed by atoms with Crippen molar-refractivity contribution in [3.63, 3.8) is 0 Å². The molecule has 0 aliphatic carbocycles. The van der Waals surface area contributed by atoms with Gasteiger partial charge >= 0.3 is 0 Å². The Bertz CT molecular complexity index is 691. The Morgan fingerprint density at radius 1 is 1.00 bits per heavy atom. The van der Waals surface area contributed by atoms with Crippen LogP contribution in [0.3, 0.4) is 0 Å². The van der Waals surface area contributed by atoms with Crippen LogP contribution in [-0.4, -0.2) is 30.7 Å². The first-order valence-corrected chi connectivity index (χ1v) is 6.12. The van der Waals surface area contributed by atoms with Crippen LogP contribution < -0.4 is 9.47 Å². The van der Waals surface area contributed by atoms with Gasteiger partial charge in [0.1, 0.15) is 12.0 Å². The lowest BCUT2D eigenvalue weighted by Crippen LogP contribution is -1.85. The molecule has 0 atom stereocenters. The third kappa shape index (κ3) is 4.42. The summed E-state index contributed by atoms with van der Waals surface area (Å²) in [6.07, 6.45) is 0.666. The van der Waals surface area contributed by atoms with Gasteiger partial charge in [0.05, 0.1) is 20.8 Å². The minimum atomic E-state index is -0.0166. The van der Waals surface area contributed by atoms with Gasteiger partial charge in [0.2, 0.25) is 0 Å². The fourth-order valence-electron chi connectivity index (χ4n) is 1.53. The Kier molecular flexibility index (Phi) is 6.26. The van der Waals surface area contributed by atoms with Crippen LogP contribution in [-0.2, 0) is 0 Å². The summed E-state index contributed by atoms with van der Waals surface area (Å²) in [7, 11) is 2.92. The zero-order chi connectivity index (χ0) is 16.5. The first-order chi connectivity index (χ1) is 10.5. The average Bonchev–Trinajstić information content (AvgIpc) is 2.55. The highest BCUT2D eigenvalue weighted by Gasteiger charge is 2.01. The molecule has 0 aliphatic heterocycles. The third-order valence-corrected chi connectivity index (χ3v) is 2.63. The second kappa shape index (κ2) is 8.17. The SMILES string of the molecule is COc1ccc(C=O)cc1O.[C-]#[N+]c1ccc(OC)c(O)c1. The molecule has 0 bridgehead atoms. The first kappa shape index (κ1) is 16.9. The van der Waals surface area contributed by atoms with Crippen LogP contribution in [0.25, 0.3) is 4.85 Å². The smallest absolute Gasteiger partial charge is 0.191 e. The Morgan fingerprint density at radius 2 is 1.55 bits per heavy atom. The molecule has 0 amide bonds. The summed E-state index contributed by atoms with van der Waals surface area (Å²) in [6.45, 7) is 6.64. The maximum absolute atomic E-state index is 10.2. The van der Waals surface area contributed by atoms with Crippen LogP contribution in [0.5, 0.6) is 23.0 Å². The number of methoxy groups -OCH3 is 2. The van der Waals surface area contributed by atoms with E-state index in [0.717, 1.165) is 0 Å². The van der Waals surface area contributed by atoms with Crippen molar-refractivity contribution >= 4 is 12.0 Å². The van der Waals surface area contributed by atoms with Crippen molar-refractivity contribution in [1.29, 1.82) is 0 Å². The number of rotatable bonds is 3. The van der Waals surface area contributed by atoms with Crippen LogP contribution in [0.2, 0.25) is 0 Å². The van der Waals surface area contributed by atoms with E-state index in [9.17, 15) is 4.79 Å². The van der Waals surface area contributed by atoms with E-state index < -0.39 is 0 Å². The maximum Gasteiger partial charge on any atom is 0.191 e. The highest BCUT2D eigenvalue weighted by Crippen LogP contribution is 2.29. The van der Waals surface area contributed by atoms with E-state index in [1.165, 1.54) is 26.4 Å². The van der Waals surface area contributed by atoms with Gasteiger partial charge in [-0.25, -0.2) is 4.85 Å². The van der Waals surface area contributed by atoms with Crippen molar-refractivity contribution in [2.45, 2.75) is 0 Å². The quantitative estimate of drug-likeness (QED) is 0.672. The second-order valence-electron chi connectivity index (χ2n) is 4.02. The van der Waals surface area contributed by atoms with E-state index in [4.69, 9.17) is 26.3 Å². The van der Waals surface area contributed by atoms with E-state index in [-0.39, 0.29) is 11.5 Å². The minimum absolute atomic E-state index is 0.000926. The first-order valence-electron chi connectivity index (χ1n) is 6.12. The summed E-state index contributed by atoms with van der Waals surface area (Å²) < 4.78 is 9.57. The normalized spacial score (nSPS) is 8.95. The molecule has 6 heteroatoms. The molecular weight excluding hydrogens is 286 g/mol.